The Kier molecular flexibility index (Phi) is 8.79. The van der Waals surface area contributed by atoms with E-state index in [1.807, 2.05) is 6.07 Å². The second-order valence-electron chi connectivity index (χ2n) is 10.3. The van der Waals surface area contributed by atoms with Crippen LogP contribution in [0.15, 0.2) is 48.8 Å². The van der Waals surface area contributed by atoms with E-state index in [0.29, 0.717) is 5.52 Å². The molecule has 3 aromatic rings. The summed E-state index contributed by atoms with van der Waals surface area (Å²) < 4.78 is 38.1. The van der Waals surface area contributed by atoms with Gasteiger partial charge in [0.2, 0.25) is 5.60 Å². The molecule has 15 heteroatoms. The zero-order chi connectivity index (χ0) is 29.9. The van der Waals surface area contributed by atoms with Crippen LogP contribution in [0.2, 0.25) is 0 Å². The first-order valence-electron chi connectivity index (χ1n) is 13.7. The number of para-hydroxylation sites is 1. The summed E-state index contributed by atoms with van der Waals surface area (Å²) in [5, 5.41) is 38.7. The standard InChI is InChI=1S/C27H33N6O8P/c1-17(26(36)39-18-8-4-2-5-9-18)32-42(37,41-19-10-6-3-7-11-19)38-14-21-23(34)24(35)27(15-28,40-21)22-13-12-20-25(29)30-16-31-33(20)22/h3,6-7,10-13,16-18,21,23-24,34-35H,2,4-5,8-9,14H2,1H3,(H,32,37)(H2,29,30,31)/t17-,21?,23?,24+,27-,42?/m0/s1. The predicted octanol–water partition coefficient (Wildman–Crippen LogP) is 2.21. The molecule has 0 spiro atoms. The summed E-state index contributed by atoms with van der Waals surface area (Å²) in [5.74, 6) is -0.282. The maximum Gasteiger partial charge on any atom is 0.459 e. The number of aromatic nitrogens is 3. The topological polar surface area (TPSA) is 204 Å². The fourth-order valence-electron chi connectivity index (χ4n) is 5.17. The number of nitrogen functional groups attached to an aromatic ring is 1. The highest BCUT2D eigenvalue weighted by molar-refractivity contribution is 7.52. The number of aliphatic hydroxyl groups is 2. The first-order valence-corrected chi connectivity index (χ1v) is 15.2. The van der Waals surface area contributed by atoms with E-state index in [9.17, 15) is 24.8 Å². The molecule has 1 saturated heterocycles. The third kappa shape index (κ3) is 5.98. The summed E-state index contributed by atoms with van der Waals surface area (Å²) in [7, 11) is -4.31. The number of nitrogens with zero attached hydrogens (tertiary/aromatic N) is 4. The van der Waals surface area contributed by atoms with Gasteiger partial charge in [0, 0.05) is 0 Å². The molecule has 2 fully saturated rings. The van der Waals surface area contributed by atoms with E-state index in [4.69, 9.17) is 24.3 Å². The molecule has 2 aliphatic rings. The minimum Gasteiger partial charge on any atom is -0.461 e. The molecule has 42 heavy (non-hydrogen) atoms. The van der Waals surface area contributed by atoms with Crippen molar-refractivity contribution in [2.45, 2.75) is 75.1 Å². The maximum atomic E-state index is 13.9. The number of nitriles is 1. The van der Waals surface area contributed by atoms with Crippen LogP contribution in [0.1, 0.15) is 44.7 Å². The molecule has 6 atom stereocenters. The predicted molar refractivity (Wildman–Crippen MR) is 148 cm³/mol. The Bertz CT molecular complexity index is 1490. The van der Waals surface area contributed by atoms with Crippen LogP contribution in [0.4, 0.5) is 5.82 Å². The molecule has 3 unspecified atom stereocenters. The quantitative estimate of drug-likeness (QED) is 0.195. The molecule has 14 nitrogen and oxygen atoms in total. The van der Waals surface area contributed by atoms with Crippen molar-refractivity contribution in [1.29, 1.82) is 5.26 Å². The lowest BCUT2D eigenvalue weighted by molar-refractivity contribution is -0.152. The van der Waals surface area contributed by atoms with Gasteiger partial charge < -0.3 is 29.9 Å². The van der Waals surface area contributed by atoms with Crippen molar-refractivity contribution in [1.82, 2.24) is 19.7 Å². The summed E-state index contributed by atoms with van der Waals surface area (Å²) in [4.78, 5) is 16.7. The second kappa shape index (κ2) is 12.3. The molecule has 0 radical (unpaired) electrons. The molecule has 3 heterocycles. The number of carbonyl (C=O) groups excluding carboxylic acids is 1. The van der Waals surface area contributed by atoms with Crippen molar-refractivity contribution in [3.63, 3.8) is 0 Å². The van der Waals surface area contributed by atoms with Crippen LogP contribution in [-0.4, -0.2) is 67.8 Å². The number of hydrogen-bond acceptors (Lipinski definition) is 12. The Labute approximate surface area is 241 Å². The van der Waals surface area contributed by atoms with Crippen LogP contribution >= 0.6 is 7.75 Å². The van der Waals surface area contributed by atoms with Gasteiger partial charge in [0.25, 0.3) is 0 Å². The number of fused-ring (bicyclic) bond motifs is 1. The number of rotatable bonds is 10. The van der Waals surface area contributed by atoms with Gasteiger partial charge in [-0.1, -0.05) is 24.6 Å². The van der Waals surface area contributed by atoms with Gasteiger partial charge >= 0.3 is 13.7 Å². The maximum absolute atomic E-state index is 13.9. The van der Waals surface area contributed by atoms with Crippen LogP contribution in [0, 0.1) is 11.3 Å². The lowest BCUT2D eigenvalue weighted by Gasteiger charge is -2.27. The molecule has 1 aliphatic carbocycles. The van der Waals surface area contributed by atoms with Crippen molar-refractivity contribution in [2.24, 2.45) is 0 Å². The van der Waals surface area contributed by atoms with Gasteiger partial charge in [0.15, 0.2) is 5.82 Å². The molecule has 1 aliphatic heterocycles. The minimum atomic E-state index is -4.31. The van der Waals surface area contributed by atoms with E-state index < -0.39 is 50.3 Å². The van der Waals surface area contributed by atoms with Gasteiger partial charge in [-0.25, -0.2) is 14.1 Å². The van der Waals surface area contributed by atoms with E-state index in [1.165, 1.54) is 23.8 Å². The summed E-state index contributed by atoms with van der Waals surface area (Å²) in [6.45, 7) is 0.899. The molecule has 1 aromatic carbocycles. The number of nitrogens with one attached hydrogen (secondary N) is 1. The number of anilines is 1. The lowest BCUT2D eigenvalue weighted by atomic mass is 9.92. The zero-order valence-corrected chi connectivity index (χ0v) is 23.8. The summed E-state index contributed by atoms with van der Waals surface area (Å²) in [6.07, 6.45) is 0.835. The number of aliphatic hydroxyl groups excluding tert-OH is 2. The third-order valence-electron chi connectivity index (χ3n) is 7.40. The van der Waals surface area contributed by atoms with Crippen molar-refractivity contribution in [2.75, 3.05) is 12.3 Å². The summed E-state index contributed by atoms with van der Waals surface area (Å²) in [5.41, 5.74) is 4.30. The van der Waals surface area contributed by atoms with E-state index in [1.54, 1.807) is 36.4 Å². The molecule has 1 saturated carbocycles. The summed E-state index contributed by atoms with van der Waals surface area (Å²) >= 11 is 0. The van der Waals surface area contributed by atoms with Gasteiger partial charge in [0.05, 0.1) is 12.3 Å². The number of benzene rings is 1. The first kappa shape index (κ1) is 29.9. The fraction of sp³-hybridized carbons (Fsp3) is 0.481. The van der Waals surface area contributed by atoms with Crippen molar-refractivity contribution >= 4 is 25.1 Å². The Balaban J connectivity index is 1.34. The monoisotopic (exact) mass is 600 g/mol. The van der Waals surface area contributed by atoms with Crippen molar-refractivity contribution < 1.29 is 38.1 Å². The van der Waals surface area contributed by atoms with E-state index in [0.717, 1.165) is 32.1 Å². The smallest absolute Gasteiger partial charge is 0.459 e. The number of hydrogen-bond donors (Lipinski definition) is 4. The zero-order valence-electron chi connectivity index (χ0n) is 22.9. The highest BCUT2D eigenvalue weighted by Crippen LogP contribution is 2.47. The van der Waals surface area contributed by atoms with E-state index >= 15 is 0 Å². The first-order chi connectivity index (χ1) is 20.2. The molecule has 224 valence electrons. The fourth-order valence-corrected chi connectivity index (χ4v) is 6.67. The van der Waals surface area contributed by atoms with Crippen LogP contribution in [0.3, 0.4) is 0 Å². The molecule has 0 bridgehead atoms. The Morgan fingerprint density at radius 2 is 2.00 bits per heavy atom. The highest BCUT2D eigenvalue weighted by Gasteiger charge is 2.58. The normalized spacial score (nSPS) is 26.8. The third-order valence-corrected chi connectivity index (χ3v) is 9.05. The largest absolute Gasteiger partial charge is 0.461 e. The van der Waals surface area contributed by atoms with Gasteiger partial charge in [-0.05, 0) is 56.9 Å². The number of ether oxygens (including phenoxy) is 2. The molecular weight excluding hydrogens is 567 g/mol. The van der Waals surface area contributed by atoms with Crippen molar-refractivity contribution in [3.8, 4) is 11.8 Å². The molecule has 5 rings (SSSR count). The second-order valence-corrected chi connectivity index (χ2v) is 12.0. The highest BCUT2D eigenvalue weighted by atomic mass is 31.2. The summed E-state index contributed by atoms with van der Waals surface area (Å²) in [6, 6.07) is 12.1. The van der Waals surface area contributed by atoms with Gasteiger partial charge in [-0.2, -0.15) is 15.4 Å². The number of esters is 1. The van der Waals surface area contributed by atoms with Crippen molar-refractivity contribution in [3.05, 3.63) is 54.5 Å². The Hall–Kier alpha value is -3.57. The number of carbonyl (C=O) groups is 1. The van der Waals surface area contributed by atoms with E-state index in [2.05, 4.69) is 15.2 Å². The van der Waals surface area contributed by atoms with Gasteiger partial charge in [0.1, 0.15) is 54.1 Å². The lowest BCUT2D eigenvalue weighted by Crippen LogP contribution is -2.41. The molecule has 0 amide bonds. The Morgan fingerprint density at radius 3 is 2.71 bits per heavy atom. The number of nitrogens with two attached hydrogens (primary N) is 1. The average molecular weight is 601 g/mol. The SMILES string of the molecule is C[C@H](NP(=O)(OCC1O[C@@](C#N)(c2ccc3c(N)ncnn23)[C@H](O)C1O)Oc1ccccc1)C(=O)OC1CCCCC1. The van der Waals surface area contributed by atoms with E-state index in [-0.39, 0.29) is 23.4 Å². The molecule has 2 aromatic heterocycles. The molecular formula is C27H33N6O8P. The Morgan fingerprint density at radius 1 is 1.26 bits per heavy atom. The average Bonchev–Trinajstić information content (AvgIpc) is 3.53. The van der Waals surface area contributed by atoms with Crippen LogP contribution < -0.4 is 15.3 Å². The van der Waals surface area contributed by atoms with Crippen LogP contribution in [-0.2, 0) is 29.0 Å². The van der Waals surface area contributed by atoms with Gasteiger partial charge in [-0.15, -0.1) is 0 Å². The minimum absolute atomic E-state index is 0.101. The van der Waals surface area contributed by atoms with Crippen LogP contribution in [0.25, 0.3) is 5.52 Å². The van der Waals surface area contributed by atoms with Gasteiger partial charge in [-0.3, -0.25) is 9.32 Å². The van der Waals surface area contributed by atoms with Crippen LogP contribution in [0.5, 0.6) is 5.75 Å². The molecule has 5 N–H and O–H groups in total.